The average molecular weight is 399 g/mol. The molecule has 1 heterocycles. The number of rotatable bonds is 13. The Morgan fingerprint density at radius 3 is 2.54 bits per heavy atom. The van der Waals surface area contributed by atoms with E-state index in [9.17, 15) is 9.18 Å². The lowest BCUT2D eigenvalue weighted by atomic mass is 9.98. The number of aliphatic hydroxyl groups excluding tert-OH is 1. The van der Waals surface area contributed by atoms with Gasteiger partial charge < -0.3 is 19.9 Å². The van der Waals surface area contributed by atoms with E-state index in [1.165, 1.54) is 6.08 Å². The first-order chi connectivity index (χ1) is 13.3. The summed E-state index contributed by atoms with van der Waals surface area (Å²) in [5.41, 5.74) is 0.703. The molecule has 0 radical (unpaired) electrons. The summed E-state index contributed by atoms with van der Waals surface area (Å²) in [6.07, 6.45) is 3.09. The Balaban J connectivity index is 2.12. The van der Waals surface area contributed by atoms with E-state index in [1.807, 2.05) is 13.8 Å². The van der Waals surface area contributed by atoms with Crippen molar-refractivity contribution in [3.63, 3.8) is 0 Å². The number of carbonyl (C=O) groups excluding carboxylic acids is 1. The maximum absolute atomic E-state index is 13.1. The molecular formula is C21H35FN2O4. The van der Waals surface area contributed by atoms with Crippen LogP contribution in [0.3, 0.4) is 0 Å². The number of aliphatic hydroxyl groups is 1. The Morgan fingerprint density at radius 1 is 1.29 bits per heavy atom. The van der Waals surface area contributed by atoms with Crippen LogP contribution in [0.5, 0.6) is 0 Å². The van der Waals surface area contributed by atoms with Gasteiger partial charge in [0.15, 0.2) is 0 Å². The van der Waals surface area contributed by atoms with Crippen LogP contribution in [0.2, 0.25) is 0 Å². The number of likely N-dealkylation sites (tertiary alicyclic amines) is 1. The van der Waals surface area contributed by atoms with Crippen LogP contribution >= 0.6 is 0 Å². The van der Waals surface area contributed by atoms with Gasteiger partial charge in [0, 0.05) is 19.2 Å². The summed E-state index contributed by atoms with van der Waals surface area (Å²) >= 11 is 0. The van der Waals surface area contributed by atoms with Gasteiger partial charge in [-0.15, -0.1) is 0 Å². The van der Waals surface area contributed by atoms with Gasteiger partial charge in [0.05, 0.1) is 19.8 Å². The zero-order valence-corrected chi connectivity index (χ0v) is 17.2. The summed E-state index contributed by atoms with van der Waals surface area (Å²) in [6, 6.07) is 0. The minimum absolute atomic E-state index is 0.0257. The Bertz CT molecular complexity index is 541. The van der Waals surface area contributed by atoms with Crippen LogP contribution in [0.25, 0.3) is 0 Å². The molecule has 6 nitrogen and oxygen atoms in total. The van der Waals surface area contributed by atoms with Crippen molar-refractivity contribution in [3.05, 3.63) is 36.4 Å². The third-order valence-electron chi connectivity index (χ3n) is 4.69. The predicted octanol–water partition coefficient (Wildman–Crippen LogP) is 2.42. The van der Waals surface area contributed by atoms with Gasteiger partial charge in [0.1, 0.15) is 18.2 Å². The first kappa shape index (κ1) is 24.3. The monoisotopic (exact) mass is 398 g/mol. The van der Waals surface area contributed by atoms with Gasteiger partial charge in [-0.3, -0.25) is 9.69 Å². The lowest BCUT2D eigenvalue weighted by molar-refractivity contribution is -0.122. The summed E-state index contributed by atoms with van der Waals surface area (Å²) in [5.74, 6) is 0.273. The summed E-state index contributed by atoms with van der Waals surface area (Å²) < 4.78 is 24.0. The van der Waals surface area contributed by atoms with Gasteiger partial charge in [-0.25, -0.2) is 4.39 Å². The number of hydrogen-bond acceptors (Lipinski definition) is 5. The van der Waals surface area contributed by atoms with E-state index >= 15 is 0 Å². The van der Waals surface area contributed by atoms with Crippen molar-refractivity contribution in [1.82, 2.24) is 10.2 Å². The van der Waals surface area contributed by atoms with E-state index in [-0.39, 0.29) is 25.0 Å². The second-order valence-electron chi connectivity index (χ2n) is 7.35. The highest BCUT2D eigenvalue weighted by Gasteiger charge is 2.19. The molecule has 0 aromatic rings. The largest absolute Gasteiger partial charge is 0.491 e. The van der Waals surface area contributed by atoms with Crippen molar-refractivity contribution in [2.24, 2.45) is 11.8 Å². The molecule has 0 unspecified atom stereocenters. The summed E-state index contributed by atoms with van der Waals surface area (Å²) in [6.45, 7) is 14.7. The number of allylic oxidation sites excluding steroid dienone is 3. The van der Waals surface area contributed by atoms with Gasteiger partial charge in [-0.05, 0) is 43.3 Å². The van der Waals surface area contributed by atoms with Gasteiger partial charge in [0.2, 0.25) is 5.91 Å². The van der Waals surface area contributed by atoms with Gasteiger partial charge >= 0.3 is 0 Å². The minimum Gasteiger partial charge on any atom is -0.491 e. The van der Waals surface area contributed by atoms with Crippen LogP contribution in [0.1, 0.15) is 26.7 Å². The number of piperidine rings is 1. The molecule has 1 amide bonds. The van der Waals surface area contributed by atoms with Crippen molar-refractivity contribution in [2.45, 2.75) is 26.7 Å². The Labute approximate surface area is 168 Å². The number of amides is 1. The summed E-state index contributed by atoms with van der Waals surface area (Å²) in [7, 11) is 0. The number of hydrogen-bond donors (Lipinski definition) is 2. The number of ether oxygens (including phenoxy) is 2. The second-order valence-corrected chi connectivity index (χ2v) is 7.35. The summed E-state index contributed by atoms with van der Waals surface area (Å²) in [5, 5.41) is 12.0. The van der Waals surface area contributed by atoms with E-state index in [1.54, 1.807) is 0 Å². The summed E-state index contributed by atoms with van der Waals surface area (Å²) in [4.78, 5) is 14.0. The molecule has 1 fully saturated rings. The highest BCUT2D eigenvalue weighted by Crippen LogP contribution is 2.20. The average Bonchev–Trinajstić information content (AvgIpc) is 2.65. The molecule has 0 atom stereocenters. The molecule has 0 spiro atoms. The molecule has 28 heavy (non-hydrogen) atoms. The van der Waals surface area contributed by atoms with E-state index < -0.39 is 5.83 Å². The van der Waals surface area contributed by atoms with Crippen LogP contribution in [-0.4, -0.2) is 68.5 Å². The molecule has 160 valence electrons. The molecule has 2 N–H and O–H groups in total. The second kappa shape index (κ2) is 13.5. The molecule has 0 aromatic carbocycles. The third kappa shape index (κ3) is 10.0. The number of halogens is 1. The van der Waals surface area contributed by atoms with Gasteiger partial charge in [-0.1, -0.05) is 27.0 Å². The molecule has 1 rings (SSSR count). The standard InChI is InChI=1S/C21H35FN2O4/c1-16(2)18(4)20(13-17(3)22)28-12-11-27-10-7-23-21(26)14-24-8-5-19(15-25)6-9-24/h13,16,19,25H,3-12,14-15H2,1-2H3,(H,23,26)/b20-13+. The molecule has 1 aliphatic rings. The van der Waals surface area contributed by atoms with Crippen LogP contribution in [0.4, 0.5) is 4.39 Å². The number of nitrogens with one attached hydrogen (secondary N) is 1. The first-order valence-electron chi connectivity index (χ1n) is 9.89. The Morgan fingerprint density at radius 2 is 1.96 bits per heavy atom. The topological polar surface area (TPSA) is 71.0 Å². The fourth-order valence-electron chi connectivity index (χ4n) is 2.82. The number of nitrogens with zero attached hydrogens (tertiary/aromatic N) is 1. The molecular weight excluding hydrogens is 363 g/mol. The first-order valence-corrected chi connectivity index (χ1v) is 9.89. The fraction of sp³-hybridized carbons (Fsp3) is 0.667. The molecule has 7 heteroatoms. The normalized spacial score (nSPS) is 16.2. The third-order valence-corrected chi connectivity index (χ3v) is 4.69. The van der Waals surface area contributed by atoms with Gasteiger partial charge in [-0.2, -0.15) is 0 Å². The van der Waals surface area contributed by atoms with Gasteiger partial charge in [0.25, 0.3) is 0 Å². The van der Waals surface area contributed by atoms with Crippen molar-refractivity contribution in [3.8, 4) is 0 Å². The fourth-order valence-corrected chi connectivity index (χ4v) is 2.82. The SMILES string of the molecule is C=C(F)/C=C(/OCCOCCNC(=O)CN1CCC(CO)CC1)C(=C)C(C)C. The van der Waals surface area contributed by atoms with Crippen LogP contribution < -0.4 is 5.32 Å². The Hall–Kier alpha value is -1.70. The maximum atomic E-state index is 13.1. The van der Waals surface area contributed by atoms with E-state index in [4.69, 9.17) is 14.6 Å². The van der Waals surface area contributed by atoms with E-state index in [0.29, 0.717) is 43.6 Å². The van der Waals surface area contributed by atoms with E-state index in [0.717, 1.165) is 25.9 Å². The molecule has 0 saturated carbocycles. The van der Waals surface area contributed by atoms with Crippen LogP contribution in [0.15, 0.2) is 36.4 Å². The molecule has 0 aliphatic carbocycles. The quantitative estimate of drug-likeness (QED) is 0.283. The van der Waals surface area contributed by atoms with E-state index in [2.05, 4.69) is 23.4 Å². The number of carbonyl (C=O) groups is 1. The zero-order valence-electron chi connectivity index (χ0n) is 17.2. The lowest BCUT2D eigenvalue weighted by Crippen LogP contribution is -2.42. The van der Waals surface area contributed by atoms with Crippen molar-refractivity contribution >= 4 is 5.91 Å². The van der Waals surface area contributed by atoms with Crippen molar-refractivity contribution in [2.75, 3.05) is 52.6 Å². The lowest BCUT2D eigenvalue weighted by Gasteiger charge is -2.30. The molecule has 1 aliphatic heterocycles. The van der Waals surface area contributed by atoms with Crippen LogP contribution in [0, 0.1) is 11.8 Å². The highest BCUT2D eigenvalue weighted by atomic mass is 19.1. The van der Waals surface area contributed by atoms with Crippen LogP contribution in [-0.2, 0) is 14.3 Å². The highest BCUT2D eigenvalue weighted by molar-refractivity contribution is 5.77. The molecule has 1 saturated heterocycles. The molecule has 0 bridgehead atoms. The maximum Gasteiger partial charge on any atom is 0.234 e. The van der Waals surface area contributed by atoms with Crippen molar-refractivity contribution in [1.29, 1.82) is 0 Å². The smallest absolute Gasteiger partial charge is 0.234 e. The zero-order chi connectivity index (χ0) is 20.9. The molecule has 0 aromatic heterocycles. The Kier molecular flexibility index (Phi) is 11.7. The van der Waals surface area contributed by atoms with Crippen molar-refractivity contribution < 1.29 is 23.8 Å². The predicted molar refractivity (Wildman–Crippen MR) is 108 cm³/mol. The minimum atomic E-state index is -0.582.